The summed E-state index contributed by atoms with van der Waals surface area (Å²) in [6.45, 7) is 3.99. The topological polar surface area (TPSA) is 67.8 Å². The fourth-order valence-corrected chi connectivity index (χ4v) is 1.53. The van der Waals surface area contributed by atoms with Gasteiger partial charge >= 0.3 is 0 Å². The third-order valence-corrected chi connectivity index (χ3v) is 2.50. The summed E-state index contributed by atoms with van der Waals surface area (Å²) in [5.74, 6) is -1.05. The van der Waals surface area contributed by atoms with Crippen molar-refractivity contribution >= 4 is 5.97 Å². The molecule has 3 heteroatoms. The van der Waals surface area contributed by atoms with Crippen molar-refractivity contribution in [3.8, 4) is 0 Å². The normalized spacial score (nSPS) is 12.5. The van der Waals surface area contributed by atoms with Crippen LogP contribution < -0.4 is 10.8 Å². The van der Waals surface area contributed by atoms with E-state index in [0.717, 1.165) is 16.7 Å². The molecule has 0 spiro atoms. The van der Waals surface area contributed by atoms with E-state index >= 15 is 0 Å². The van der Waals surface area contributed by atoms with E-state index < -0.39 is 5.97 Å². The van der Waals surface area contributed by atoms with Gasteiger partial charge in [-0.15, -0.1) is 0 Å². The van der Waals surface area contributed by atoms with Crippen LogP contribution in [0, 0.1) is 13.8 Å². The smallest absolute Gasteiger partial charge is 0.116 e. The van der Waals surface area contributed by atoms with Crippen LogP contribution in [0.4, 0.5) is 0 Å². The molecular formula is C11H15NO2. The minimum Gasteiger partial charge on any atom is -0.550 e. The molecule has 1 aromatic carbocycles. The van der Waals surface area contributed by atoms with E-state index in [1.807, 2.05) is 32.0 Å². The molecule has 0 aliphatic carbocycles. The van der Waals surface area contributed by atoms with Gasteiger partial charge < -0.3 is 15.6 Å². The Morgan fingerprint density at radius 3 is 2.71 bits per heavy atom. The van der Waals surface area contributed by atoms with Crippen LogP contribution in [0.15, 0.2) is 18.2 Å². The Balaban J connectivity index is 2.95. The molecule has 0 unspecified atom stereocenters. The van der Waals surface area contributed by atoms with Gasteiger partial charge in [-0.05, 0) is 25.0 Å². The minimum atomic E-state index is -1.05. The van der Waals surface area contributed by atoms with Crippen LogP contribution in [0.2, 0.25) is 0 Å². The van der Waals surface area contributed by atoms with Crippen LogP contribution in [-0.2, 0) is 4.79 Å². The highest BCUT2D eigenvalue weighted by molar-refractivity contribution is 5.65. The number of benzene rings is 1. The molecule has 0 radical (unpaired) electrons. The molecule has 14 heavy (non-hydrogen) atoms. The van der Waals surface area contributed by atoms with Gasteiger partial charge in [0.05, 0.1) is 0 Å². The first kappa shape index (κ1) is 10.7. The number of aryl methyl sites for hydroxylation is 1. The van der Waals surface area contributed by atoms with Crippen LogP contribution in [0.1, 0.15) is 29.2 Å². The van der Waals surface area contributed by atoms with Gasteiger partial charge in [-0.1, -0.05) is 18.2 Å². The molecule has 1 aromatic rings. The van der Waals surface area contributed by atoms with Gasteiger partial charge in [0.2, 0.25) is 0 Å². The van der Waals surface area contributed by atoms with Crippen molar-refractivity contribution in [1.29, 1.82) is 0 Å². The van der Waals surface area contributed by atoms with E-state index in [1.54, 1.807) is 0 Å². The summed E-state index contributed by atoms with van der Waals surface area (Å²) in [7, 11) is 0. The second kappa shape index (κ2) is 4.24. The Morgan fingerprint density at radius 2 is 2.14 bits per heavy atom. The molecule has 0 aliphatic rings. The lowest BCUT2D eigenvalue weighted by atomic mass is 9.96. The van der Waals surface area contributed by atoms with E-state index in [0.29, 0.717) is 0 Å². The Morgan fingerprint density at radius 1 is 1.50 bits per heavy atom. The first-order chi connectivity index (χ1) is 6.52. The number of hydrogen-bond donors (Lipinski definition) is 1. The molecule has 0 heterocycles. The van der Waals surface area contributed by atoms with E-state index in [2.05, 4.69) is 5.73 Å². The standard InChI is InChI=1S/C11H15NO2/c1-7-4-3-5-9(8(7)2)10(12)6-11(13)14/h3-5,10H,6,12H2,1-2H3,(H,13,14)/t10-/m0/s1. The highest BCUT2D eigenvalue weighted by atomic mass is 16.4. The number of aliphatic carboxylic acids is 1. The maximum atomic E-state index is 10.4. The zero-order chi connectivity index (χ0) is 10.7. The van der Waals surface area contributed by atoms with Crippen LogP contribution in [0.5, 0.6) is 0 Å². The van der Waals surface area contributed by atoms with Gasteiger partial charge in [-0.3, -0.25) is 0 Å². The molecule has 1 atom stereocenters. The van der Waals surface area contributed by atoms with Gasteiger partial charge in [0.1, 0.15) is 6.04 Å². The zero-order valence-electron chi connectivity index (χ0n) is 8.54. The average Bonchev–Trinajstić information content (AvgIpc) is 2.08. The monoisotopic (exact) mass is 193 g/mol. The maximum Gasteiger partial charge on any atom is 0.116 e. The number of carbonyl (C=O) groups excluding carboxylic acids is 1. The van der Waals surface area contributed by atoms with Crippen LogP contribution in [0.25, 0.3) is 0 Å². The maximum absolute atomic E-state index is 10.4. The van der Waals surface area contributed by atoms with Crippen molar-refractivity contribution < 1.29 is 15.6 Å². The number of carboxylic acids is 1. The van der Waals surface area contributed by atoms with Crippen LogP contribution in [-0.4, -0.2) is 5.97 Å². The molecular weight excluding hydrogens is 178 g/mol. The largest absolute Gasteiger partial charge is 0.550 e. The van der Waals surface area contributed by atoms with E-state index in [9.17, 15) is 9.90 Å². The third-order valence-electron chi connectivity index (χ3n) is 2.50. The molecule has 1 rings (SSSR count). The molecule has 3 N–H and O–H groups in total. The van der Waals surface area contributed by atoms with Crippen molar-refractivity contribution in [2.75, 3.05) is 0 Å². The second-order valence-corrected chi connectivity index (χ2v) is 3.56. The summed E-state index contributed by atoms with van der Waals surface area (Å²) in [4.78, 5) is 10.4. The summed E-state index contributed by atoms with van der Waals surface area (Å²) in [6.07, 6.45) is -0.0235. The summed E-state index contributed by atoms with van der Waals surface area (Å²) in [6, 6.07) is 5.62. The van der Waals surface area contributed by atoms with Gasteiger partial charge in [0, 0.05) is 18.0 Å². The Kier molecular flexibility index (Phi) is 3.25. The lowest BCUT2D eigenvalue weighted by Crippen LogP contribution is -2.55. The molecule has 0 amide bonds. The predicted octanol–water partition coefficient (Wildman–Crippen LogP) is -0.274. The summed E-state index contributed by atoms with van der Waals surface area (Å²) < 4.78 is 0. The van der Waals surface area contributed by atoms with E-state index in [-0.39, 0.29) is 12.5 Å². The van der Waals surface area contributed by atoms with Crippen molar-refractivity contribution in [3.05, 3.63) is 34.9 Å². The van der Waals surface area contributed by atoms with E-state index in [4.69, 9.17) is 0 Å². The third kappa shape index (κ3) is 2.33. The van der Waals surface area contributed by atoms with Crippen LogP contribution in [0.3, 0.4) is 0 Å². The summed E-state index contributed by atoms with van der Waals surface area (Å²) in [5.41, 5.74) is 7.10. The SMILES string of the molecule is Cc1cccc([C@@H]([NH3+])CC(=O)[O-])c1C. The highest BCUT2D eigenvalue weighted by Gasteiger charge is 2.13. The van der Waals surface area contributed by atoms with Gasteiger partial charge in [0.15, 0.2) is 0 Å². The molecule has 0 saturated heterocycles. The lowest BCUT2D eigenvalue weighted by molar-refractivity contribution is -0.430. The Bertz CT molecular complexity index is 347. The van der Waals surface area contributed by atoms with Gasteiger partial charge in [0.25, 0.3) is 0 Å². The van der Waals surface area contributed by atoms with Crippen LogP contribution >= 0.6 is 0 Å². The second-order valence-electron chi connectivity index (χ2n) is 3.56. The fraction of sp³-hybridized carbons (Fsp3) is 0.364. The van der Waals surface area contributed by atoms with Crippen molar-refractivity contribution in [2.45, 2.75) is 26.3 Å². The average molecular weight is 193 g/mol. The zero-order valence-corrected chi connectivity index (χ0v) is 8.54. The highest BCUT2D eigenvalue weighted by Crippen LogP contribution is 2.19. The van der Waals surface area contributed by atoms with E-state index in [1.165, 1.54) is 0 Å². The molecule has 0 fully saturated rings. The Hall–Kier alpha value is -1.35. The first-order valence-electron chi connectivity index (χ1n) is 4.61. The molecule has 0 aliphatic heterocycles. The molecule has 3 nitrogen and oxygen atoms in total. The summed E-state index contributed by atoms with van der Waals surface area (Å²) in [5, 5.41) is 10.4. The fourth-order valence-electron chi connectivity index (χ4n) is 1.53. The Labute approximate surface area is 83.6 Å². The molecule has 76 valence electrons. The summed E-state index contributed by atoms with van der Waals surface area (Å²) >= 11 is 0. The van der Waals surface area contributed by atoms with Crippen molar-refractivity contribution in [1.82, 2.24) is 0 Å². The number of carboxylic acid groups (broad SMARTS) is 1. The molecule has 0 aromatic heterocycles. The predicted molar refractivity (Wildman–Crippen MR) is 51.2 cm³/mol. The quantitative estimate of drug-likeness (QED) is 0.717. The minimum absolute atomic E-state index is 0.0235. The van der Waals surface area contributed by atoms with Gasteiger partial charge in [-0.25, -0.2) is 0 Å². The number of carbonyl (C=O) groups is 1. The number of quaternary nitrogens is 1. The molecule has 0 saturated carbocycles. The first-order valence-corrected chi connectivity index (χ1v) is 4.61. The van der Waals surface area contributed by atoms with Crippen molar-refractivity contribution in [2.24, 2.45) is 0 Å². The van der Waals surface area contributed by atoms with Crippen molar-refractivity contribution in [3.63, 3.8) is 0 Å². The number of rotatable bonds is 3. The number of hydrogen-bond acceptors (Lipinski definition) is 2. The van der Waals surface area contributed by atoms with Gasteiger partial charge in [-0.2, -0.15) is 0 Å². The molecule has 0 bridgehead atoms. The lowest BCUT2D eigenvalue weighted by Gasteiger charge is -2.13.